The summed E-state index contributed by atoms with van der Waals surface area (Å²) >= 11 is 0. The molecule has 0 aliphatic carbocycles. The minimum Gasteiger partial charge on any atom is -0.490 e. The largest absolute Gasteiger partial charge is 0.490 e. The second-order valence-corrected chi connectivity index (χ2v) is 17.6. The van der Waals surface area contributed by atoms with Gasteiger partial charge in [-0.25, -0.2) is 0 Å². The zero-order valence-corrected chi connectivity index (χ0v) is 38.2. The molecule has 0 amide bonds. The van der Waals surface area contributed by atoms with Gasteiger partial charge in [-0.3, -0.25) is 0 Å². The molecular weight excluding hydrogens is 761 g/mol. The second-order valence-electron chi connectivity index (χ2n) is 17.6. The normalized spacial score (nSPS) is 17.5. The minimum atomic E-state index is -0.875. The molecule has 1 saturated heterocycles. The van der Waals surface area contributed by atoms with Crippen LogP contribution in [0.3, 0.4) is 0 Å². The van der Waals surface area contributed by atoms with Crippen LogP contribution in [0.5, 0.6) is 5.75 Å². The Kier molecular flexibility index (Phi) is 20.8. The van der Waals surface area contributed by atoms with Gasteiger partial charge in [-0.05, 0) is 42.5 Å². The fourth-order valence-corrected chi connectivity index (χ4v) is 8.24. The summed E-state index contributed by atoms with van der Waals surface area (Å²) in [5, 5.41) is 11.5. The van der Waals surface area contributed by atoms with Gasteiger partial charge in [-0.1, -0.05) is 189 Å². The smallest absolute Gasteiger partial charge is 0.163 e. The third-order valence-electron chi connectivity index (χ3n) is 12.1. The van der Waals surface area contributed by atoms with Gasteiger partial charge in [0.1, 0.15) is 30.7 Å². The molecule has 1 aliphatic rings. The molecule has 61 heavy (non-hydrogen) atoms. The van der Waals surface area contributed by atoms with Crippen LogP contribution in [0.15, 0.2) is 103 Å². The fraction of sp³-hybridized carbons (Fsp3) is 0.556. The number of benzene rings is 4. The van der Waals surface area contributed by atoms with Crippen molar-refractivity contribution in [1.82, 2.24) is 0 Å². The molecule has 1 aliphatic heterocycles. The lowest BCUT2D eigenvalue weighted by atomic mass is 9.81. The van der Waals surface area contributed by atoms with E-state index in [4.69, 9.17) is 28.4 Å². The van der Waals surface area contributed by atoms with Crippen molar-refractivity contribution in [2.24, 2.45) is 0 Å². The first kappa shape index (κ1) is 48.5. The van der Waals surface area contributed by atoms with Crippen LogP contribution < -0.4 is 4.74 Å². The summed E-state index contributed by atoms with van der Waals surface area (Å²) in [6.07, 6.45) is 11.4. The van der Waals surface area contributed by atoms with Crippen molar-refractivity contribution in [3.63, 3.8) is 0 Å². The quantitative estimate of drug-likeness (QED) is 0.0546. The summed E-state index contributed by atoms with van der Waals surface area (Å²) in [5.41, 5.74) is 7.11. The maximum absolute atomic E-state index is 11.5. The van der Waals surface area contributed by atoms with Crippen molar-refractivity contribution in [3.8, 4) is 5.75 Å². The Labute approximate surface area is 368 Å². The fourth-order valence-electron chi connectivity index (χ4n) is 8.24. The van der Waals surface area contributed by atoms with Crippen LogP contribution in [0.2, 0.25) is 0 Å². The van der Waals surface area contributed by atoms with Crippen LogP contribution in [-0.4, -0.2) is 75.5 Å². The van der Waals surface area contributed by atoms with Gasteiger partial charge in [0.2, 0.25) is 0 Å². The Morgan fingerprint density at radius 2 is 1.10 bits per heavy atom. The Balaban J connectivity index is 1.26. The van der Waals surface area contributed by atoms with E-state index in [0.717, 1.165) is 23.3 Å². The maximum atomic E-state index is 11.5. The zero-order chi connectivity index (χ0) is 43.3. The summed E-state index contributed by atoms with van der Waals surface area (Å²) in [4.78, 5) is 0. The van der Waals surface area contributed by atoms with Crippen molar-refractivity contribution in [1.29, 1.82) is 0 Å². The molecule has 0 spiro atoms. The Morgan fingerprint density at radius 3 is 1.61 bits per heavy atom. The van der Waals surface area contributed by atoms with Gasteiger partial charge in [0.15, 0.2) is 5.79 Å². The Morgan fingerprint density at radius 1 is 0.607 bits per heavy atom. The van der Waals surface area contributed by atoms with Crippen LogP contribution in [0.25, 0.3) is 0 Å². The highest BCUT2D eigenvalue weighted by atomic mass is 16.7. The molecule has 7 nitrogen and oxygen atoms in total. The molecule has 4 aromatic carbocycles. The monoisotopic (exact) mass is 837 g/mol. The van der Waals surface area contributed by atoms with Gasteiger partial charge in [-0.2, -0.15) is 0 Å². The SMILES string of the molecule is CCCCCCCCCCCCOCC(COCC1COC(C)(C)O1)OCC(O)COc1c(C(C)c2ccccc2)cc(C(C)c2ccccc2)cc1C(C)c1ccccc1. The highest BCUT2D eigenvalue weighted by molar-refractivity contribution is 5.54. The van der Waals surface area contributed by atoms with E-state index in [-0.39, 0.29) is 43.2 Å². The van der Waals surface area contributed by atoms with E-state index in [0.29, 0.717) is 33.0 Å². The molecule has 0 bridgehead atoms. The van der Waals surface area contributed by atoms with E-state index >= 15 is 0 Å². The molecule has 4 aromatic rings. The highest BCUT2D eigenvalue weighted by Crippen LogP contribution is 2.43. The number of ether oxygens (including phenoxy) is 6. The standard InChI is InChI=1S/C54H76O7/c1-7-8-9-10-11-12-13-14-15-25-32-56-37-49(38-57-39-50-40-60-54(5,6)61-50)58-35-48(55)36-59-53-51(42(3)45-28-21-17-22-29-45)33-47(41(2)44-26-19-16-20-27-44)34-52(53)43(4)46-30-23-18-24-31-46/h16-24,26-31,33-34,41-43,48-50,55H,7-15,25,32,35-40H2,1-6H3. The lowest BCUT2D eigenvalue weighted by Crippen LogP contribution is -2.33. The molecule has 1 heterocycles. The number of rotatable bonds is 29. The van der Waals surface area contributed by atoms with Crippen LogP contribution in [0.1, 0.15) is 157 Å². The molecule has 7 heteroatoms. The third-order valence-corrected chi connectivity index (χ3v) is 12.1. The second kappa shape index (κ2) is 26.2. The van der Waals surface area contributed by atoms with Gasteiger partial charge in [-0.15, -0.1) is 0 Å². The average Bonchev–Trinajstić information content (AvgIpc) is 3.64. The van der Waals surface area contributed by atoms with E-state index < -0.39 is 11.9 Å². The first-order chi connectivity index (χ1) is 29.6. The highest BCUT2D eigenvalue weighted by Gasteiger charge is 2.33. The molecule has 0 aromatic heterocycles. The number of aliphatic hydroxyl groups is 1. The lowest BCUT2D eigenvalue weighted by Gasteiger charge is -2.27. The predicted molar refractivity (Wildman–Crippen MR) is 248 cm³/mol. The van der Waals surface area contributed by atoms with Gasteiger partial charge >= 0.3 is 0 Å². The number of hydrogen-bond donors (Lipinski definition) is 1. The maximum Gasteiger partial charge on any atom is 0.163 e. The molecule has 0 saturated carbocycles. The predicted octanol–water partition coefficient (Wildman–Crippen LogP) is 12.4. The van der Waals surface area contributed by atoms with Gasteiger partial charge in [0.25, 0.3) is 0 Å². The first-order valence-corrected chi connectivity index (χ1v) is 23.4. The van der Waals surface area contributed by atoms with Gasteiger partial charge < -0.3 is 33.5 Å². The average molecular weight is 837 g/mol. The van der Waals surface area contributed by atoms with E-state index in [2.05, 4.69) is 131 Å². The molecule has 6 unspecified atom stereocenters. The first-order valence-electron chi connectivity index (χ1n) is 23.4. The third kappa shape index (κ3) is 16.3. The zero-order valence-electron chi connectivity index (χ0n) is 38.2. The van der Waals surface area contributed by atoms with Crippen molar-refractivity contribution >= 4 is 0 Å². The topological polar surface area (TPSA) is 75.6 Å². The molecule has 6 atom stereocenters. The van der Waals surface area contributed by atoms with Gasteiger partial charge in [0.05, 0.1) is 33.0 Å². The van der Waals surface area contributed by atoms with E-state index in [9.17, 15) is 5.11 Å². The summed E-state index contributed by atoms with van der Waals surface area (Å²) in [6.45, 7) is 15.3. The Bertz CT molecular complexity index is 1700. The van der Waals surface area contributed by atoms with Crippen LogP contribution in [0, 0.1) is 0 Å². The number of unbranched alkanes of at least 4 members (excludes halogenated alkanes) is 9. The molecule has 1 N–H and O–H groups in total. The lowest BCUT2D eigenvalue weighted by molar-refractivity contribution is -0.149. The van der Waals surface area contributed by atoms with Crippen molar-refractivity contribution in [3.05, 3.63) is 137 Å². The summed E-state index contributed by atoms with van der Waals surface area (Å²) in [6, 6.07) is 36.5. The molecule has 1 fully saturated rings. The van der Waals surface area contributed by atoms with Crippen molar-refractivity contribution in [2.45, 2.75) is 148 Å². The number of hydrogen-bond acceptors (Lipinski definition) is 7. The molecule has 0 radical (unpaired) electrons. The van der Waals surface area contributed by atoms with E-state index in [1.54, 1.807) is 0 Å². The molecule has 334 valence electrons. The van der Waals surface area contributed by atoms with Crippen molar-refractivity contribution in [2.75, 3.05) is 46.2 Å². The molecule has 5 rings (SSSR count). The van der Waals surface area contributed by atoms with Crippen molar-refractivity contribution < 1.29 is 33.5 Å². The van der Waals surface area contributed by atoms with Crippen LogP contribution >= 0.6 is 0 Å². The summed E-state index contributed by atoms with van der Waals surface area (Å²) < 4.78 is 37.1. The summed E-state index contributed by atoms with van der Waals surface area (Å²) in [7, 11) is 0. The van der Waals surface area contributed by atoms with Crippen LogP contribution in [0.4, 0.5) is 0 Å². The minimum absolute atomic E-state index is 0.0447. The van der Waals surface area contributed by atoms with E-state index in [1.165, 1.54) is 80.0 Å². The van der Waals surface area contributed by atoms with E-state index in [1.807, 2.05) is 13.8 Å². The van der Waals surface area contributed by atoms with Crippen LogP contribution in [-0.2, 0) is 23.7 Å². The number of aliphatic hydroxyl groups excluding tert-OH is 1. The molecular formula is C54H76O7. The van der Waals surface area contributed by atoms with Gasteiger partial charge in [0, 0.05) is 35.5 Å². The Hall–Kier alpha value is -3.56. The summed E-state index contributed by atoms with van der Waals surface area (Å²) in [5.74, 6) is 0.469.